The Kier molecular flexibility index (Phi) is 5.87. The Labute approximate surface area is 165 Å². The summed E-state index contributed by atoms with van der Waals surface area (Å²) in [5.41, 5.74) is 0.0317. The molecule has 0 saturated carbocycles. The lowest BCUT2D eigenvalue weighted by Crippen LogP contribution is -2.43. The van der Waals surface area contributed by atoms with Crippen molar-refractivity contribution in [3.05, 3.63) is 83.4 Å². The SMILES string of the molecule is O=C(Cc1ccc2ccccc2c1)N[C@H](Cc1cccc(C(F)(F)F)c1)C(=O)O. The molecule has 1 atom stereocenters. The standard InChI is InChI=1S/C22H18F3NO3/c23-22(24,25)18-7-3-4-14(11-18)12-19(21(28)29)26-20(27)13-15-8-9-16-5-1-2-6-17(16)10-15/h1-11,19H,12-13H2,(H,26,27)(H,28,29)/t19-/m1/s1. The van der Waals surface area contributed by atoms with Gasteiger partial charge in [-0.2, -0.15) is 13.2 Å². The quantitative estimate of drug-likeness (QED) is 0.650. The van der Waals surface area contributed by atoms with Crippen LogP contribution in [-0.4, -0.2) is 23.0 Å². The molecule has 0 aliphatic carbocycles. The average Bonchev–Trinajstić information content (AvgIpc) is 2.67. The number of rotatable bonds is 6. The summed E-state index contributed by atoms with van der Waals surface area (Å²) in [5, 5.41) is 13.8. The molecule has 0 saturated heterocycles. The first-order valence-electron chi connectivity index (χ1n) is 8.88. The second-order valence-corrected chi connectivity index (χ2v) is 6.72. The average molecular weight is 401 g/mol. The first-order chi connectivity index (χ1) is 13.7. The number of hydrogen-bond acceptors (Lipinski definition) is 2. The second-order valence-electron chi connectivity index (χ2n) is 6.72. The Morgan fingerprint density at radius 1 is 0.897 bits per heavy atom. The van der Waals surface area contributed by atoms with Gasteiger partial charge >= 0.3 is 12.1 Å². The van der Waals surface area contributed by atoms with Crippen LogP contribution in [0.5, 0.6) is 0 Å². The predicted molar refractivity (Wildman–Crippen MR) is 102 cm³/mol. The van der Waals surface area contributed by atoms with Crippen LogP contribution in [0.15, 0.2) is 66.7 Å². The highest BCUT2D eigenvalue weighted by Crippen LogP contribution is 2.29. The van der Waals surface area contributed by atoms with Gasteiger partial charge in [-0.1, -0.05) is 60.7 Å². The number of fused-ring (bicyclic) bond motifs is 1. The molecule has 1 amide bonds. The largest absolute Gasteiger partial charge is 0.480 e. The first kappa shape index (κ1) is 20.4. The lowest BCUT2D eigenvalue weighted by Gasteiger charge is -2.16. The van der Waals surface area contributed by atoms with Gasteiger partial charge in [0.25, 0.3) is 0 Å². The van der Waals surface area contributed by atoms with Crippen LogP contribution in [0.2, 0.25) is 0 Å². The number of aliphatic carboxylic acids is 1. The Balaban J connectivity index is 1.69. The number of benzene rings is 3. The Morgan fingerprint density at radius 3 is 2.31 bits per heavy atom. The molecule has 3 rings (SSSR count). The molecule has 0 heterocycles. The van der Waals surface area contributed by atoms with Gasteiger partial charge in [0, 0.05) is 6.42 Å². The molecule has 3 aromatic carbocycles. The number of carboxylic acids is 1. The summed E-state index contributed by atoms with van der Waals surface area (Å²) in [4.78, 5) is 23.8. The van der Waals surface area contributed by atoms with Crippen LogP contribution >= 0.6 is 0 Å². The van der Waals surface area contributed by atoms with Crippen molar-refractivity contribution in [1.82, 2.24) is 5.32 Å². The number of carbonyl (C=O) groups is 2. The van der Waals surface area contributed by atoms with Crippen LogP contribution < -0.4 is 5.32 Å². The first-order valence-corrected chi connectivity index (χ1v) is 8.88. The highest BCUT2D eigenvalue weighted by Gasteiger charge is 2.31. The molecule has 0 aliphatic rings. The second kappa shape index (κ2) is 8.34. The molecule has 0 fully saturated rings. The minimum atomic E-state index is -4.52. The van der Waals surface area contributed by atoms with Gasteiger partial charge in [0.2, 0.25) is 5.91 Å². The van der Waals surface area contributed by atoms with E-state index >= 15 is 0 Å². The van der Waals surface area contributed by atoms with Crippen molar-refractivity contribution >= 4 is 22.6 Å². The summed E-state index contributed by atoms with van der Waals surface area (Å²) in [6.45, 7) is 0. The van der Waals surface area contributed by atoms with Crippen molar-refractivity contribution in [1.29, 1.82) is 0 Å². The third kappa shape index (κ3) is 5.34. The van der Waals surface area contributed by atoms with Gasteiger partial charge in [0.1, 0.15) is 6.04 Å². The highest BCUT2D eigenvalue weighted by molar-refractivity contribution is 5.87. The zero-order chi connectivity index (χ0) is 21.0. The molecule has 0 bridgehead atoms. The van der Waals surface area contributed by atoms with E-state index in [9.17, 15) is 27.9 Å². The van der Waals surface area contributed by atoms with E-state index in [1.54, 1.807) is 6.07 Å². The Bertz CT molecular complexity index is 1050. The molecule has 0 aromatic heterocycles. The van der Waals surface area contributed by atoms with Gasteiger partial charge in [-0.25, -0.2) is 4.79 Å². The summed E-state index contributed by atoms with van der Waals surface area (Å²) in [6.07, 6.45) is -4.80. The summed E-state index contributed by atoms with van der Waals surface area (Å²) in [5.74, 6) is -1.83. The van der Waals surface area contributed by atoms with Gasteiger partial charge in [0.05, 0.1) is 12.0 Å². The van der Waals surface area contributed by atoms with Gasteiger partial charge in [0.15, 0.2) is 0 Å². The fourth-order valence-electron chi connectivity index (χ4n) is 3.09. The van der Waals surface area contributed by atoms with E-state index in [0.717, 1.165) is 22.9 Å². The maximum Gasteiger partial charge on any atom is 0.416 e. The monoisotopic (exact) mass is 401 g/mol. The van der Waals surface area contributed by atoms with Crippen molar-refractivity contribution in [3.63, 3.8) is 0 Å². The Hall–Kier alpha value is -3.35. The lowest BCUT2D eigenvalue weighted by atomic mass is 10.0. The lowest BCUT2D eigenvalue weighted by molar-refractivity contribution is -0.141. The zero-order valence-electron chi connectivity index (χ0n) is 15.2. The topological polar surface area (TPSA) is 66.4 Å². The van der Waals surface area contributed by atoms with Gasteiger partial charge in [-0.05, 0) is 28.0 Å². The fraction of sp³-hybridized carbons (Fsp3) is 0.182. The maximum absolute atomic E-state index is 12.8. The zero-order valence-corrected chi connectivity index (χ0v) is 15.2. The minimum absolute atomic E-state index is 0.0306. The van der Waals surface area contributed by atoms with Crippen molar-refractivity contribution in [2.45, 2.75) is 25.1 Å². The van der Waals surface area contributed by atoms with Crippen LogP contribution in [0.3, 0.4) is 0 Å². The number of halogens is 3. The molecule has 29 heavy (non-hydrogen) atoms. The predicted octanol–water partition coefficient (Wildman–Crippen LogP) is 4.21. The summed E-state index contributed by atoms with van der Waals surface area (Å²) < 4.78 is 38.5. The molecule has 0 aliphatic heterocycles. The molecular formula is C22H18F3NO3. The number of alkyl halides is 3. The van der Waals surface area contributed by atoms with E-state index in [2.05, 4.69) is 5.32 Å². The summed E-state index contributed by atoms with van der Waals surface area (Å²) in [6, 6.07) is 16.2. The molecule has 2 N–H and O–H groups in total. The van der Waals surface area contributed by atoms with Crippen molar-refractivity contribution in [3.8, 4) is 0 Å². The summed E-state index contributed by atoms with van der Waals surface area (Å²) >= 11 is 0. The number of hydrogen-bond donors (Lipinski definition) is 2. The van der Waals surface area contributed by atoms with E-state index in [1.165, 1.54) is 12.1 Å². The van der Waals surface area contributed by atoms with Crippen LogP contribution in [-0.2, 0) is 28.6 Å². The molecule has 4 nitrogen and oxygen atoms in total. The Morgan fingerprint density at radius 2 is 1.62 bits per heavy atom. The minimum Gasteiger partial charge on any atom is -0.480 e. The summed E-state index contributed by atoms with van der Waals surface area (Å²) in [7, 11) is 0. The molecule has 0 spiro atoms. The molecule has 7 heteroatoms. The van der Waals surface area contributed by atoms with Crippen molar-refractivity contribution in [2.75, 3.05) is 0 Å². The molecule has 0 unspecified atom stereocenters. The van der Waals surface area contributed by atoms with Crippen LogP contribution in [0.1, 0.15) is 16.7 Å². The number of carbonyl (C=O) groups excluding carboxylic acids is 1. The molecule has 3 aromatic rings. The third-order valence-corrected chi connectivity index (χ3v) is 4.51. The van der Waals surface area contributed by atoms with Crippen LogP contribution in [0, 0.1) is 0 Å². The molecular weight excluding hydrogens is 383 g/mol. The van der Waals surface area contributed by atoms with Crippen LogP contribution in [0.4, 0.5) is 13.2 Å². The molecule has 150 valence electrons. The van der Waals surface area contributed by atoms with Gasteiger partial charge in [-0.3, -0.25) is 4.79 Å². The van der Waals surface area contributed by atoms with Gasteiger partial charge in [-0.15, -0.1) is 0 Å². The highest BCUT2D eigenvalue weighted by atomic mass is 19.4. The number of nitrogens with one attached hydrogen (secondary N) is 1. The van der Waals surface area contributed by atoms with Gasteiger partial charge < -0.3 is 10.4 Å². The van der Waals surface area contributed by atoms with E-state index in [0.29, 0.717) is 5.56 Å². The van der Waals surface area contributed by atoms with Crippen molar-refractivity contribution in [2.24, 2.45) is 0 Å². The fourth-order valence-corrected chi connectivity index (χ4v) is 3.09. The van der Waals surface area contributed by atoms with E-state index in [1.807, 2.05) is 36.4 Å². The molecule has 0 radical (unpaired) electrons. The van der Waals surface area contributed by atoms with Crippen LogP contribution in [0.25, 0.3) is 10.8 Å². The van der Waals surface area contributed by atoms with E-state index < -0.39 is 29.7 Å². The normalized spacial score (nSPS) is 12.5. The van der Waals surface area contributed by atoms with E-state index in [4.69, 9.17) is 0 Å². The maximum atomic E-state index is 12.8. The number of carboxylic acid groups (broad SMARTS) is 1. The van der Waals surface area contributed by atoms with E-state index in [-0.39, 0.29) is 18.4 Å². The van der Waals surface area contributed by atoms with Crippen molar-refractivity contribution < 1.29 is 27.9 Å². The number of amides is 1. The smallest absolute Gasteiger partial charge is 0.416 e. The third-order valence-electron chi connectivity index (χ3n) is 4.51.